The first kappa shape index (κ1) is 10.4. The van der Waals surface area contributed by atoms with Crippen LogP contribution >= 0.6 is 0 Å². The fourth-order valence-corrected chi connectivity index (χ4v) is 2.71. The van der Waals surface area contributed by atoms with Gasteiger partial charge in [0.05, 0.1) is 13.2 Å². The Kier molecular flexibility index (Phi) is 2.82. The maximum absolute atomic E-state index is 5.96. The molecule has 3 nitrogen and oxygen atoms in total. The molecule has 1 heterocycles. The van der Waals surface area contributed by atoms with E-state index in [1.807, 2.05) is 0 Å². The summed E-state index contributed by atoms with van der Waals surface area (Å²) in [5, 5.41) is 0. The molecule has 0 radical (unpaired) electrons. The van der Waals surface area contributed by atoms with E-state index >= 15 is 0 Å². The number of nitrogens with two attached hydrogens (primary N) is 1. The number of morpholine rings is 1. The van der Waals surface area contributed by atoms with E-state index in [-0.39, 0.29) is 5.54 Å². The van der Waals surface area contributed by atoms with Gasteiger partial charge in [-0.15, -0.1) is 0 Å². The summed E-state index contributed by atoms with van der Waals surface area (Å²) in [6.45, 7) is 8.13. The lowest BCUT2D eigenvalue weighted by molar-refractivity contribution is -0.0579. The summed E-state index contributed by atoms with van der Waals surface area (Å²) in [6.07, 6.45) is 2.72. The molecule has 82 valence electrons. The van der Waals surface area contributed by atoms with Crippen LogP contribution in [0.1, 0.15) is 26.7 Å². The van der Waals surface area contributed by atoms with Crippen LogP contribution in [-0.4, -0.2) is 42.8 Å². The molecule has 1 saturated carbocycles. The molecule has 3 heteroatoms. The highest BCUT2D eigenvalue weighted by Gasteiger charge is 2.46. The predicted octanol–water partition coefficient (Wildman–Crippen LogP) is 0.834. The van der Waals surface area contributed by atoms with Gasteiger partial charge in [0.15, 0.2) is 0 Å². The standard InChI is InChI=1S/C11H22N2O/c1-9-7-14-6-5-13(9)11(2,8-12)10-3-4-10/h9-10H,3-8,12H2,1-2H3. The molecule has 2 fully saturated rings. The number of hydrogen-bond donors (Lipinski definition) is 1. The molecule has 1 aliphatic carbocycles. The van der Waals surface area contributed by atoms with Gasteiger partial charge in [0.25, 0.3) is 0 Å². The summed E-state index contributed by atoms with van der Waals surface area (Å²) in [6, 6.07) is 0.526. The lowest BCUT2D eigenvalue weighted by Crippen LogP contribution is -2.60. The second kappa shape index (κ2) is 3.80. The Labute approximate surface area is 86.6 Å². The van der Waals surface area contributed by atoms with Crippen molar-refractivity contribution in [2.45, 2.75) is 38.3 Å². The molecule has 0 amide bonds. The van der Waals surface area contributed by atoms with Gasteiger partial charge in [-0.2, -0.15) is 0 Å². The van der Waals surface area contributed by atoms with Crippen molar-refractivity contribution in [3.05, 3.63) is 0 Å². The summed E-state index contributed by atoms with van der Waals surface area (Å²) < 4.78 is 5.47. The van der Waals surface area contributed by atoms with Crippen LogP contribution in [0, 0.1) is 5.92 Å². The first-order chi connectivity index (χ1) is 6.68. The number of nitrogens with zero attached hydrogens (tertiary/aromatic N) is 1. The Hall–Kier alpha value is -0.120. The van der Waals surface area contributed by atoms with E-state index in [1.54, 1.807) is 0 Å². The highest BCUT2D eigenvalue weighted by Crippen LogP contribution is 2.43. The number of ether oxygens (including phenoxy) is 1. The zero-order chi connectivity index (χ0) is 10.2. The molecule has 2 aliphatic rings. The third-order valence-electron chi connectivity index (χ3n) is 3.89. The van der Waals surface area contributed by atoms with Crippen molar-refractivity contribution >= 4 is 0 Å². The molecule has 14 heavy (non-hydrogen) atoms. The van der Waals surface area contributed by atoms with Crippen molar-refractivity contribution in [2.75, 3.05) is 26.3 Å². The van der Waals surface area contributed by atoms with Gasteiger partial charge in [-0.25, -0.2) is 0 Å². The maximum Gasteiger partial charge on any atom is 0.0620 e. The van der Waals surface area contributed by atoms with Gasteiger partial charge in [-0.05, 0) is 32.6 Å². The smallest absolute Gasteiger partial charge is 0.0620 e. The zero-order valence-corrected chi connectivity index (χ0v) is 9.33. The summed E-state index contributed by atoms with van der Waals surface area (Å²) in [7, 11) is 0. The largest absolute Gasteiger partial charge is 0.379 e. The molecule has 2 atom stereocenters. The molecule has 2 N–H and O–H groups in total. The lowest BCUT2D eigenvalue weighted by atomic mass is 9.91. The number of hydrogen-bond acceptors (Lipinski definition) is 3. The Morgan fingerprint density at radius 3 is 2.71 bits per heavy atom. The normalized spacial score (nSPS) is 34.1. The van der Waals surface area contributed by atoms with E-state index in [1.165, 1.54) is 12.8 Å². The number of rotatable bonds is 3. The van der Waals surface area contributed by atoms with E-state index in [0.717, 1.165) is 32.2 Å². The molecule has 1 aliphatic heterocycles. The van der Waals surface area contributed by atoms with Crippen molar-refractivity contribution in [1.29, 1.82) is 0 Å². The van der Waals surface area contributed by atoms with Gasteiger partial charge < -0.3 is 10.5 Å². The molecule has 0 bridgehead atoms. The quantitative estimate of drug-likeness (QED) is 0.730. The van der Waals surface area contributed by atoms with Crippen molar-refractivity contribution < 1.29 is 4.74 Å². The second-order valence-electron chi connectivity index (χ2n) is 4.95. The molecule has 0 aromatic carbocycles. The first-order valence-electron chi connectivity index (χ1n) is 5.73. The monoisotopic (exact) mass is 198 g/mol. The van der Waals surface area contributed by atoms with E-state index in [4.69, 9.17) is 10.5 Å². The Balaban J connectivity index is 2.08. The molecular formula is C11H22N2O. The lowest BCUT2D eigenvalue weighted by Gasteiger charge is -2.47. The SMILES string of the molecule is CC1COCCN1C(C)(CN)C1CC1. The highest BCUT2D eigenvalue weighted by atomic mass is 16.5. The summed E-state index contributed by atoms with van der Waals surface area (Å²) in [5.74, 6) is 0.827. The zero-order valence-electron chi connectivity index (χ0n) is 9.33. The molecular weight excluding hydrogens is 176 g/mol. The van der Waals surface area contributed by atoms with E-state index in [9.17, 15) is 0 Å². The van der Waals surface area contributed by atoms with Crippen LogP contribution in [0.25, 0.3) is 0 Å². The third kappa shape index (κ3) is 1.69. The average Bonchev–Trinajstić information content (AvgIpc) is 3.01. The predicted molar refractivity (Wildman–Crippen MR) is 57.2 cm³/mol. The van der Waals surface area contributed by atoms with Crippen LogP contribution in [0.4, 0.5) is 0 Å². The Bertz CT molecular complexity index is 205. The average molecular weight is 198 g/mol. The van der Waals surface area contributed by atoms with Crippen LogP contribution in [0.15, 0.2) is 0 Å². The third-order valence-corrected chi connectivity index (χ3v) is 3.89. The minimum atomic E-state index is 0.225. The maximum atomic E-state index is 5.96. The highest BCUT2D eigenvalue weighted by molar-refractivity contribution is 5.02. The van der Waals surface area contributed by atoms with Gasteiger partial charge in [-0.3, -0.25) is 4.90 Å². The van der Waals surface area contributed by atoms with Crippen molar-refractivity contribution in [3.8, 4) is 0 Å². The van der Waals surface area contributed by atoms with Crippen LogP contribution in [0.5, 0.6) is 0 Å². The van der Waals surface area contributed by atoms with Gasteiger partial charge in [0, 0.05) is 24.7 Å². The van der Waals surface area contributed by atoms with E-state index < -0.39 is 0 Å². The summed E-state index contributed by atoms with van der Waals surface area (Å²) >= 11 is 0. The first-order valence-corrected chi connectivity index (χ1v) is 5.73. The fraction of sp³-hybridized carbons (Fsp3) is 1.00. The van der Waals surface area contributed by atoms with Gasteiger partial charge in [-0.1, -0.05) is 0 Å². The Morgan fingerprint density at radius 1 is 1.50 bits per heavy atom. The van der Waals surface area contributed by atoms with E-state index in [2.05, 4.69) is 18.7 Å². The summed E-state index contributed by atoms with van der Waals surface area (Å²) in [5.41, 5.74) is 6.18. The molecule has 2 rings (SSSR count). The van der Waals surface area contributed by atoms with Crippen LogP contribution in [-0.2, 0) is 4.74 Å². The van der Waals surface area contributed by atoms with Gasteiger partial charge >= 0.3 is 0 Å². The van der Waals surface area contributed by atoms with Crippen LogP contribution in [0.2, 0.25) is 0 Å². The minimum Gasteiger partial charge on any atom is -0.379 e. The Morgan fingerprint density at radius 2 is 2.21 bits per heavy atom. The molecule has 0 spiro atoms. The molecule has 0 aromatic heterocycles. The fourth-order valence-electron chi connectivity index (χ4n) is 2.71. The van der Waals surface area contributed by atoms with Crippen molar-refractivity contribution in [2.24, 2.45) is 11.7 Å². The topological polar surface area (TPSA) is 38.5 Å². The summed E-state index contributed by atoms with van der Waals surface area (Å²) in [4.78, 5) is 2.56. The van der Waals surface area contributed by atoms with Crippen LogP contribution in [0.3, 0.4) is 0 Å². The van der Waals surface area contributed by atoms with Crippen LogP contribution < -0.4 is 5.73 Å². The molecule has 1 saturated heterocycles. The molecule has 2 unspecified atom stereocenters. The van der Waals surface area contributed by atoms with Crippen molar-refractivity contribution in [1.82, 2.24) is 4.90 Å². The van der Waals surface area contributed by atoms with Gasteiger partial charge in [0.1, 0.15) is 0 Å². The molecule has 0 aromatic rings. The second-order valence-corrected chi connectivity index (χ2v) is 4.95. The van der Waals surface area contributed by atoms with Gasteiger partial charge in [0.2, 0.25) is 0 Å². The minimum absolute atomic E-state index is 0.225. The van der Waals surface area contributed by atoms with E-state index in [0.29, 0.717) is 6.04 Å². The van der Waals surface area contributed by atoms with Crippen molar-refractivity contribution in [3.63, 3.8) is 0 Å².